The second-order valence-corrected chi connectivity index (χ2v) is 3.36. The van der Waals surface area contributed by atoms with Crippen LogP contribution in [0.25, 0.3) is 0 Å². The van der Waals surface area contributed by atoms with Gasteiger partial charge in [0.2, 0.25) is 0 Å². The van der Waals surface area contributed by atoms with Crippen molar-refractivity contribution >= 4 is 11.6 Å². The largest absolute Gasteiger partial charge is 0.419 e. The van der Waals surface area contributed by atoms with Crippen LogP contribution in [0.4, 0.5) is 22.0 Å². The summed E-state index contributed by atoms with van der Waals surface area (Å²) in [6, 6.07) is 1.46. The van der Waals surface area contributed by atoms with Gasteiger partial charge < -0.3 is 0 Å². The second-order valence-electron chi connectivity index (χ2n) is 2.98. The number of aromatic nitrogens is 1. The van der Waals surface area contributed by atoms with E-state index in [9.17, 15) is 22.0 Å². The summed E-state index contributed by atoms with van der Waals surface area (Å²) in [6.07, 6.45) is -8.19. The minimum absolute atomic E-state index is 0.551. The van der Waals surface area contributed by atoms with Crippen LogP contribution in [-0.2, 0) is 12.6 Å². The Morgan fingerprint density at radius 1 is 1.41 bits per heavy atom. The van der Waals surface area contributed by atoms with Gasteiger partial charge in [0.25, 0.3) is 6.43 Å². The molecule has 1 aromatic rings. The summed E-state index contributed by atoms with van der Waals surface area (Å²) in [5.41, 5.74) is -3.13. The molecule has 0 amide bonds. The number of rotatable bonds is 2. The molecule has 0 unspecified atom stereocenters. The predicted octanol–water partition coefficient (Wildman–Crippen LogP) is 3.76. The maximum absolute atomic E-state index is 12.6. The summed E-state index contributed by atoms with van der Waals surface area (Å²) in [5, 5.41) is 7.23. The molecule has 0 fully saturated rings. The van der Waals surface area contributed by atoms with Crippen LogP contribution in [0.3, 0.4) is 0 Å². The van der Waals surface area contributed by atoms with Gasteiger partial charge in [-0.3, -0.25) is 4.98 Å². The molecule has 1 rings (SSSR count). The van der Waals surface area contributed by atoms with E-state index in [1.54, 1.807) is 0 Å². The molecule has 92 valence electrons. The van der Waals surface area contributed by atoms with Crippen molar-refractivity contribution in [2.24, 2.45) is 0 Å². The smallest absolute Gasteiger partial charge is 0.259 e. The summed E-state index contributed by atoms with van der Waals surface area (Å²) in [5.74, 6) is 0. The van der Waals surface area contributed by atoms with Crippen molar-refractivity contribution < 1.29 is 22.0 Å². The van der Waals surface area contributed by atoms with Crippen molar-refractivity contribution in [1.29, 1.82) is 5.26 Å². The van der Waals surface area contributed by atoms with E-state index in [0.29, 0.717) is 6.20 Å². The molecule has 0 N–H and O–H groups in total. The number of alkyl halides is 5. The molecular weight excluding hydrogens is 267 g/mol. The first kappa shape index (κ1) is 13.6. The van der Waals surface area contributed by atoms with E-state index < -0.39 is 40.9 Å². The van der Waals surface area contributed by atoms with Crippen molar-refractivity contribution in [1.82, 2.24) is 4.98 Å². The minimum atomic E-state index is -4.93. The van der Waals surface area contributed by atoms with Crippen molar-refractivity contribution in [3.63, 3.8) is 0 Å². The summed E-state index contributed by atoms with van der Waals surface area (Å²) in [4.78, 5) is 3.21. The van der Waals surface area contributed by atoms with E-state index in [0.717, 1.165) is 0 Å². The van der Waals surface area contributed by atoms with E-state index in [4.69, 9.17) is 16.9 Å². The Morgan fingerprint density at radius 2 is 2.00 bits per heavy atom. The first-order valence-electron chi connectivity index (χ1n) is 4.18. The van der Waals surface area contributed by atoms with Crippen molar-refractivity contribution in [3.8, 4) is 6.07 Å². The molecule has 0 spiro atoms. The molecule has 2 nitrogen and oxygen atoms in total. The van der Waals surface area contributed by atoms with Gasteiger partial charge in [-0.2, -0.15) is 18.4 Å². The van der Waals surface area contributed by atoms with Crippen LogP contribution in [0.2, 0.25) is 5.02 Å². The van der Waals surface area contributed by atoms with Crippen molar-refractivity contribution in [2.45, 2.75) is 19.0 Å². The third-order valence-electron chi connectivity index (χ3n) is 1.89. The van der Waals surface area contributed by atoms with Gasteiger partial charge in [0.15, 0.2) is 0 Å². The fraction of sp³-hybridized carbons (Fsp3) is 0.333. The van der Waals surface area contributed by atoms with Crippen LogP contribution in [0.5, 0.6) is 0 Å². The number of halogens is 6. The zero-order valence-corrected chi connectivity index (χ0v) is 8.78. The van der Waals surface area contributed by atoms with Gasteiger partial charge >= 0.3 is 6.18 Å². The first-order valence-corrected chi connectivity index (χ1v) is 4.56. The molecule has 0 saturated carbocycles. The van der Waals surface area contributed by atoms with Crippen molar-refractivity contribution in [3.05, 3.63) is 28.0 Å². The number of hydrogen-bond acceptors (Lipinski definition) is 2. The molecule has 1 heterocycles. The Bertz CT molecular complexity index is 464. The summed E-state index contributed by atoms with van der Waals surface area (Å²) in [6.45, 7) is 0. The van der Waals surface area contributed by atoms with Crippen LogP contribution < -0.4 is 0 Å². The second kappa shape index (κ2) is 4.84. The molecule has 0 aliphatic heterocycles. The third kappa shape index (κ3) is 2.82. The monoisotopic (exact) mass is 270 g/mol. The van der Waals surface area contributed by atoms with Gasteiger partial charge in [-0.25, -0.2) is 8.78 Å². The number of pyridine rings is 1. The predicted molar refractivity (Wildman–Crippen MR) is 48.5 cm³/mol. The Balaban J connectivity index is 3.49. The molecule has 0 atom stereocenters. The highest BCUT2D eigenvalue weighted by molar-refractivity contribution is 6.32. The Labute approximate surface area is 97.6 Å². The molecule has 0 aromatic carbocycles. The van der Waals surface area contributed by atoms with Crippen LogP contribution in [0, 0.1) is 11.3 Å². The number of hydrogen-bond donors (Lipinski definition) is 0. The van der Waals surface area contributed by atoms with E-state index in [2.05, 4.69) is 4.98 Å². The van der Waals surface area contributed by atoms with Gasteiger partial charge in [-0.15, -0.1) is 0 Å². The fourth-order valence-electron chi connectivity index (χ4n) is 1.19. The average molecular weight is 271 g/mol. The Morgan fingerprint density at radius 3 is 2.41 bits per heavy atom. The SMILES string of the molecule is N#CCc1ncc(C(F)F)c(Cl)c1C(F)(F)F. The molecule has 8 heteroatoms. The highest BCUT2D eigenvalue weighted by Crippen LogP contribution is 2.40. The lowest BCUT2D eigenvalue weighted by Gasteiger charge is -2.14. The van der Waals surface area contributed by atoms with E-state index in [1.807, 2.05) is 0 Å². The number of nitrogens with zero attached hydrogens (tertiary/aromatic N) is 2. The molecule has 17 heavy (non-hydrogen) atoms. The third-order valence-corrected chi connectivity index (χ3v) is 2.29. The highest BCUT2D eigenvalue weighted by Gasteiger charge is 2.38. The Hall–Kier alpha value is -1.42. The van der Waals surface area contributed by atoms with E-state index >= 15 is 0 Å². The molecule has 0 aliphatic carbocycles. The molecule has 0 radical (unpaired) electrons. The Kier molecular flexibility index (Phi) is 3.88. The van der Waals surface area contributed by atoms with Gasteiger partial charge in [-0.1, -0.05) is 11.6 Å². The van der Waals surface area contributed by atoms with Crippen LogP contribution >= 0.6 is 11.6 Å². The average Bonchev–Trinajstić information content (AvgIpc) is 2.15. The van der Waals surface area contributed by atoms with E-state index in [-0.39, 0.29) is 0 Å². The molecule has 0 bridgehead atoms. The normalized spacial score (nSPS) is 11.6. The zero-order valence-electron chi connectivity index (χ0n) is 8.02. The lowest BCUT2D eigenvalue weighted by Crippen LogP contribution is -2.13. The zero-order chi connectivity index (χ0) is 13.2. The minimum Gasteiger partial charge on any atom is -0.259 e. The molecule has 1 aromatic heterocycles. The van der Waals surface area contributed by atoms with Gasteiger partial charge in [0.1, 0.15) is 0 Å². The maximum Gasteiger partial charge on any atom is 0.419 e. The van der Waals surface area contributed by atoms with Gasteiger partial charge in [0, 0.05) is 6.20 Å². The van der Waals surface area contributed by atoms with Crippen molar-refractivity contribution in [2.75, 3.05) is 0 Å². The first-order chi connectivity index (χ1) is 7.79. The summed E-state index contributed by atoms with van der Waals surface area (Å²) >= 11 is 5.28. The van der Waals surface area contributed by atoms with Gasteiger partial charge in [-0.05, 0) is 0 Å². The van der Waals surface area contributed by atoms with Gasteiger partial charge in [0.05, 0.1) is 34.3 Å². The topological polar surface area (TPSA) is 36.7 Å². The quantitative estimate of drug-likeness (QED) is 0.767. The van der Waals surface area contributed by atoms with E-state index in [1.165, 1.54) is 6.07 Å². The molecular formula is C9H4ClF5N2. The lowest BCUT2D eigenvalue weighted by atomic mass is 10.1. The lowest BCUT2D eigenvalue weighted by molar-refractivity contribution is -0.138. The highest BCUT2D eigenvalue weighted by atomic mass is 35.5. The summed E-state index contributed by atoms with van der Waals surface area (Å²) in [7, 11) is 0. The van der Waals surface area contributed by atoms with Crippen LogP contribution in [0.15, 0.2) is 6.20 Å². The maximum atomic E-state index is 12.6. The fourth-order valence-corrected chi connectivity index (χ4v) is 1.54. The molecule has 0 saturated heterocycles. The molecule has 0 aliphatic rings. The standard InChI is InChI=1S/C9H4ClF5N2/c10-7-4(8(11)12)3-17-5(1-2-16)6(7)9(13,14)15/h3,8H,1H2. The number of nitriles is 1. The van der Waals surface area contributed by atoms with Crippen LogP contribution in [0.1, 0.15) is 23.2 Å². The van der Waals surface area contributed by atoms with Crippen LogP contribution in [-0.4, -0.2) is 4.98 Å². The summed E-state index contributed by atoms with van der Waals surface area (Å²) < 4.78 is 62.5.